The third kappa shape index (κ3) is 4.39. The Labute approximate surface area is 136 Å². The van der Waals surface area contributed by atoms with E-state index in [0.29, 0.717) is 36.0 Å². The number of amides is 1. The maximum Gasteiger partial charge on any atom is 0.255 e. The van der Waals surface area contributed by atoms with E-state index in [1.54, 1.807) is 37.4 Å². The molecule has 2 aromatic rings. The lowest BCUT2D eigenvalue weighted by molar-refractivity contribution is 0.102. The van der Waals surface area contributed by atoms with E-state index >= 15 is 0 Å². The Balaban J connectivity index is 2.12. The van der Waals surface area contributed by atoms with Gasteiger partial charge in [0.25, 0.3) is 5.91 Å². The average Bonchev–Trinajstić information content (AvgIpc) is 2.57. The first-order chi connectivity index (χ1) is 11.2. The van der Waals surface area contributed by atoms with Crippen molar-refractivity contribution >= 4 is 11.6 Å². The zero-order chi connectivity index (χ0) is 16.7. The number of carbonyl (C=O) groups is 1. The Morgan fingerprint density at radius 1 is 0.957 bits per heavy atom. The van der Waals surface area contributed by atoms with Crippen molar-refractivity contribution in [2.45, 2.75) is 13.8 Å². The molecule has 0 heterocycles. The van der Waals surface area contributed by atoms with Crippen LogP contribution >= 0.6 is 0 Å². The zero-order valence-electron chi connectivity index (χ0n) is 13.6. The number of ether oxygens (including phenoxy) is 3. The zero-order valence-corrected chi connectivity index (χ0v) is 13.6. The fraction of sp³-hybridized carbons (Fsp3) is 0.278. The summed E-state index contributed by atoms with van der Waals surface area (Å²) in [5, 5.41) is 2.84. The third-order valence-electron chi connectivity index (χ3n) is 3.15. The van der Waals surface area contributed by atoms with Crippen molar-refractivity contribution in [3.8, 4) is 17.2 Å². The van der Waals surface area contributed by atoms with Crippen molar-refractivity contribution < 1.29 is 19.0 Å². The standard InChI is InChI=1S/C18H21NO4/c1-4-22-15-9-7-14(8-10-15)19-18(20)13-6-11-16(21-3)17(12-13)23-5-2/h6-12H,4-5H2,1-3H3,(H,19,20). The first-order valence-corrected chi connectivity index (χ1v) is 7.53. The SMILES string of the molecule is CCOc1ccc(NC(=O)c2ccc(OC)c(OCC)c2)cc1. The molecule has 0 aliphatic carbocycles. The Hall–Kier alpha value is -2.69. The summed E-state index contributed by atoms with van der Waals surface area (Å²) in [7, 11) is 1.57. The van der Waals surface area contributed by atoms with Crippen LogP contribution < -0.4 is 19.5 Å². The summed E-state index contributed by atoms with van der Waals surface area (Å²) in [5.74, 6) is 1.71. The van der Waals surface area contributed by atoms with Gasteiger partial charge in [-0.1, -0.05) is 0 Å². The number of hydrogen-bond acceptors (Lipinski definition) is 4. The van der Waals surface area contributed by atoms with Gasteiger partial charge in [0.15, 0.2) is 11.5 Å². The van der Waals surface area contributed by atoms with Crippen LogP contribution in [-0.4, -0.2) is 26.2 Å². The van der Waals surface area contributed by atoms with E-state index in [-0.39, 0.29) is 5.91 Å². The molecule has 0 unspecified atom stereocenters. The molecule has 0 aliphatic rings. The summed E-state index contributed by atoms with van der Waals surface area (Å²) in [6.45, 7) is 4.92. The Morgan fingerprint density at radius 3 is 2.26 bits per heavy atom. The highest BCUT2D eigenvalue weighted by molar-refractivity contribution is 6.04. The van der Waals surface area contributed by atoms with E-state index in [1.165, 1.54) is 0 Å². The number of hydrogen-bond donors (Lipinski definition) is 1. The lowest BCUT2D eigenvalue weighted by Crippen LogP contribution is -2.12. The van der Waals surface area contributed by atoms with Crippen LogP contribution in [0.1, 0.15) is 24.2 Å². The van der Waals surface area contributed by atoms with Gasteiger partial charge in [-0.05, 0) is 56.3 Å². The van der Waals surface area contributed by atoms with Crippen LogP contribution in [0.3, 0.4) is 0 Å². The molecule has 5 heteroatoms. The van der Waals surface area contributed by atoms with Gasteiger partial charge >= 0.3 is 0 Å². The first kappa shape index (κ1) is 16.7. The van der Waals surface area contributed by atoms with E-state index in [0.717, 1.165) is 5.75 Å². The maximum atomic E-state index is 12.3. The second kappa shape index (κ2) is 8.08. The molecule has 122 valence electrons. The van der Waals surface area contributed by atoms with Crippen molar-refractivity contribution in [2.75, 3.05) is 25.6 Å². The third-order valence-corrected chi connectivity index (χ3v) is 3.15. The minimum absolute atomic E-state index is 0.210. The summed E-state index contributed by atoms with van der Waals surface area (Å²) >= 11 is 0. The first-order valence-electron chi connectivity index (χ1n) is 7.53. The summed E-state index contributed by atoms with van der Waals surface area (Å²) in [5.41, 5.74) is 1.20. The number of carbonyl (C=O) groups excluding carboxylic acids is 1. The molecule has 0 saturated carbocycles. The van der Waals surface area contributed by atoms with Gasteiger partial charge in [-0.15, -0.1) is 0 Å². The summed E-state index contributed by atoms with van der Waals surface area (Å²) in [4.78, 5) is 12.3. The number of nitrogens with one attached hydrogen (secondary N) is 1. The summed E-state index contributed by atoms with van der Waals surface area (Å²) in [6.07, 6.45) is 0. The van der Waals surface area contributed by atoms with Crippen molar-refractivity contribution in [2.24, 2.45) is 0 Å². The van der Waals surface area contributed by atoms with Crippen LogP contribution in [0, 0.1) is 0 Å². The molecular formula is C18H21NO4. The highest BCUT2D eigenvalue weighted by atomic mass is 16.5. The van der Waals surface area contributed by atoms with Crippen LogP contribution in [0.2, 0.25) is 0 Å². The monoisotopic (exact) mass is 315 g/mol. The van der Waals surface area contributed by atoms with E-state index < -0.39 is 0 Å². The predicted octanol–water partition coefficient (Wildman–Crippen LogP) is 3.74. The number of anilines is 1. The normalized spacial score (nSPS) is 10.0. The lowest BCUT2D eigenvalue weighted by atomic mass is 10.2. The van der Waals surface area contributed by atoms with E-state index in [1.807, 2.05) is 26.0 Å². The molecule has 0 aliphatic heterocycles. The van der Waals surface area contributed by atoms with E-state index in [4.69, 9.17) is 14.2 Å². The molecule has 2 rings (SSSR count). The minimum Gasteiger partial charge on any atom is -0.494 e. The molecule has 0 saturated heterocycles. The molecule has 23 heavy (non-hydrogen) atoms. The van der Waals surface area contributed by atoms with Gasteiger partial charge in [-0.25, -0.2) is 0 Å². The second-order valence-electron chi connectivity index (χ2n) is 4.71. The van der Waals surface area contributed by atoms with Crippen LogP contribution in [0.25, 0.3) is 0 Å². The lowest BCUT2D eigenvalue weighted by Gasteiger charge is -2.11. The molecule has 0 bridgehead atoms. The highest BCUT2D eigenvalue weighted by Crippen LogP contribution is 2.28. The van der Waals surface area contributed by atoms with Gasteiger partial charge in [0, 0.05) is 11.3 Å². The predicted molar refractivity (Wildman–Crippen MR) is 89.7 cm³/mol. The van der Waals surface area contributed by atoms with Crippen LogP contribution in [0.15, 0.2) is 42.5 Å². The minimum atomic E-state index is -0.210. The van der Waals surface area contributed by atoms with Crippen molar-refractivity contribution in [1.82, 2.24) is 0 Å². The average molecular weight is 315 g/mol. The van der Waals surface area contributed by atoms with Crippen molar-refractivity contribution in [3.05, 3.63) is 48.0 Å². The second-order valence-corrected chi connectivity index (χ2v) is 4.71. The van der Waals surface area contributed by atoms with Gasteiger partial charge in [-0.3, -0.25) is 4.79 Å². The topological polar surface area (TPSA) is 56.8 Å². The summed E-state index contributed by atoms with van der Waals surface area (Å²) in [6, 6.07) is 12.3. The number of benzene rings is 2. The van der Waals surface area contributed by atoms with Gasteiger partial charge in [0.1, 0.15) is 5.75 Å². The van der Waals surface area contributed by atoms with E-state index in [9.17, 15) is 4.79 Å². The van der Waals surface area contributed by atoms with Crippen molar-refractivity contribution in [3.63, 3.8) is 0 Å². The molecule has 0 fully saturated rings. The molecule has 0 radical (unpaired) electrons. The van der Waals surface area contributed by atoms with Gasteiger partial charge < -0.3 is 19.5 Å². The van der Waals surface area contributed by atoms with Crippen molar-refractivity contribution in [1.29, 1.82) is 0 Å². The summed E-state index contributed by atoms with van der Waals surface area (Å²) < 4.78 is 16.1. The molecule has 1 amide bonds. The van der Waals surface area contributed by atoms with Gasteiger partial charge in [-0.2, -0.15) is 0 Å². The molecular weight excluding hydrogens is 294 g/mol. The number of methoxy groups -OCH3 is 1. The molecule has 0 atom stereocenters. The smallest absolute Gasteiger partial charge is 0.255 e. The van der Waals surface area contributed by atoms with Gasteiger partial charge in [0.05, 0.1) is 20.3 Å². The number of rotatable bonds is 7. The Kier molecular flexibility index (Phi) is 5.86. The van der Waals surface area contributed by atoms with Crippen LogP contribution in [-0.2, 0) is 0 Å². The molecule has 0 aromatic heterocycles. The largest absolute Gasteiger partial charge is 0.494 e. The molecule has 1 N–H and O–H groups in total. The quantitative estimate of drug-likeness (QED) is 0.845. The Morgan fingerprint density at radius 2 is 1.65 bits per heavy atom. The van der Waals surface area contributed by atoms with Crippen LogP contribution in [0.4, 0.5) is 5.69 Å². The Bertz CT molecular complexity index is 653. The maximum absolute atomic E-state index is 12.3. The fourth-order valence-electron chi connectivity index (χ4n) is 2.09. The van der Waals surface area contributed by atoms with E-state index in [2.05, 4.69) is 5.32 Å². The molecule has 5 nitrogen and oxygen atoms in total. The van der Waals surface area contributed by atoms with Gasteiger partial charge in [0.2, 0.25) is 0 Å². The molecule has 0 spiro atoms. The molecule has 2 aromatic carbocycles. The fourth-order valence-corrected chi connectivity index (χ4v) is 2.09. The van der Waals surface area contributed by atoms with Crippen LogP contribution in [0.5, 0.6) is 17.2 Å². The highest BCUT2D eigenvalue weighted by Gasteiger charge is 2.11.